The second kappa shape index (κ2) is 7.99. The van der Waals surface area contributed by atoms with Gasteiger partial charge in [0.05, 0.1) is 17.2 Å². The van der Waals surface area contributed by atoms with Crippen LogP contribution in [0.15, 0.2) is 42.6 Å². The number of anilines is 1. The van der Waals surface area contributed by atoms with Crippen LogP contribution in [0.25, 0.3) is 0 Å². The van der Waals surface area contributed by atoms with E-state index in [4.69, 9.17) is 0 Å². The zero-order valence-corrected chi connectivity index (χ0v) is 16.8. The van der Waals surface area contributed by atoms with Gasteiger partial charge in [-0.1, -0.05) is 23.5 Å². The summed E-state index contributed by atoms with van der Waals surface area (Å²) < 4.78 is 0. The van der Waals surface area contributed by atoms with Gasteiger partial charge < -0.3 is 4.90 Å². The highest BCUT2D eigenvalue weighted by Gasteiger charge is 2.26. The minimum absolute atomic E-state index is 0.0733. The number of nitro groups is 1. The number of thiazole rings is 1. The normalized spacial score (nSPS) is 12.9. The molecule has 3 aromatic rings. The highest BCUT2D eigenvalue weighted by atomic mass is 32.1. The van der Waals surface area contributed by atoms with E-state index < -0.39 is 4.92 Å². The maximum Gasteiger partial charge on any atom is 0.276 e. The molecule has 0 unspecified atom stereocenters. The van der Waals surface area contributed by atoms with Crippen molar-refractivity contribution in [2.24, 2.45) is 0 Å². The molecule has 0 saturated heterocycles. The first-order valence-electron chi connectivity index (χ1n) is 9.17. The fraction of sp³-hybridized carbons (Fsp3) is 0.200. The first-order chi connectivity index (χ1) is 14.4. The Kier molecular flexibility index (Phi) is 5.23. The monoisotopic (exact) mass is 423 g/mol. The quantitative estimate of drug-likeness (QED) is 0.508. The molecule has 0 aliphatic carbocycles. The molecule has 0 saturated carbocycles. The third-order valence-electron chi connectivity index (χ3n) is 4.79. The third kappa shape index (κ3) is 3.90. The van der Waals surface area contributed by atoms with Crippen molar-refractivity contribution in [3.63, 3.8) is 0 Å². The van der Waals surface area contributed by atoms with Gasteiger partial charge in [-0.2, -0.15) is 0 Å². The summed E-state index contributed by atoms with van der Waals surface area (Å²) >= 11 is 1.31. The molecule has 0 radical (unpaired) electrons. The SMILES string of the molecule is Cc1ccc(C(=O)N2CCc3nc(NC(=O)c4ccccn4)sc3C2)cc1[N+](=O)[O-]. The van der Waals surface area contributed by atoms with Crippen LogP contribution in [0.1, 0.15) is 37.0 Å². The maximum atomic E-state index is 12.9. The fourth-order valence-electron chi connectivity index (χ4n) is 3.20. The van der Waals surface area contributed by atoms with Gasteiger partial charge in [-0.15, -0.1) is 0 Å². The summed E-state index contributed by atoms with van der Waals surface area (Å²) in [5.74, 6) is -0.613. The molecule has 2 amide bonds. The number of aryl methyl sites for hydroxylation is 1. The van der Waals surface area contributed by atoms with Crippen molar-refractivity contribution < 1.29 is 14.5 Å². The Morgan fingerprint density at radius 2 is 2.10 bits per heavy atom. The van der Waals surface area contributed by atoms with Crippen molar-refractivity contribution in [1.82, 2.24) is 14.9 Å². The molecule has 0 spiro atoms. The second-order valence-electron chi connectivity index (χ2n) is 6.79. The number of fused-ring (bicyclic) bond motifs is 1. The van der Waals surface area contributed by atoms with Gasteiger partial charge in [0.25, 0.3) is 17.5 Å². The van der Waals surface area contributed by atoms with E-state index in [2.05, 4.69) is 15.3 Å². The van der Waals surface area contributed by atoms with E-state index in [9.17, 15) is 19.7 Å². The Balaban J connectivity index is 1.49. The van der Waals surface area contributed by atoms with Crippen LogP contribution >= 0.6 is 11.3 Å². The van der Waals surface area contributed by atoms with Gasteiger partial charge >= 0.3 is 0 Å². The first kappa shape index (κ1) is 19.6. The smallest absolute Gasteiger partial charge is 0.276 e. The zero-order valence-electron chi connectivity index (χ0n) is 16.0. The van der Waals surface area contributed by atoms with Crippen LogP contribution in [0, 0.1) is 17.0 Å². The van der Waals surface area contributed by atoms with Gasteiger partial charge in [0.1, 0.15) is 5.69 Å². The van der Waals surface area contributed by atoms with E-state index in [-0.39, 0.29) is 23.1 Å². The van der Waals surface area contributed by atoms with Crippen molar-refractivity contribution in [2.45, 2.75) is 19.9 Å². The number of pyridine rings is 1. The molecule has 3 heterocycles. The van der Waals surface area contributed by atoms with Gasteiger partial charge in [0, 0.05) is 41.2 Å². The van der Waals surface area contributed by atoms with Crippen molar-refractivity contribution in [3.05, 3.63) is 80.1 Å². The summed E-state index contributed by atoms with van der Waals surface area (Å²) in [7, 11) is 0. The summed E-state index contributed by atoms with van der Waals surface area (Å²) in [6.45, 7) is 2.43. The van der Waals surface area contributed by atoms with Crippen LogP contribution in [0.4, 0.5) is 10.8 Å². The number of nitrogens with zero attached hydrogens (tertiary/aromatic N) is 4. The fourth-order valence-corrected chi connectivity index (χ4v) is 4.22. The predicted molar refractivity (Wildman–Crippen MR) is 111 cm³/mol. The lowest BCUT2D eigenvalue weighted by molar-refractivity contribution is -0.385. The zero-order chi connectivity index (χ0) is 21.3. The van der Waals surface area contributed by atoms with Crippen LogP contribution in [-0.4, -0.2) is 38.2 Å². The molecule has 0 bridgehead atoms. The number of rotatable bonds is 4. The van der Waals surface area contributed by atoms with E-state index in [0.29, 0.717) is 35.9 Å². The van der Waals surface area contributed by atoms with Gasteiger partial charge in [-0.3, -0.25) is 30.0 Å². The van der Waals surface area contributed by atoms with Crippen LogP contribution < -0.4 is 5.32 Å². The molecular weight excluding hydrogens is 406 g/mol. The summed E-state index contributed by atoms with van der Waals surface area (Å²) in [6.07, 6.45) is 2.09. The molecule has 0 fully saturated rings. The van der Waals surface area contributed by atoms with E-state index in [1.165, 1.54) is 17.4 Å². The third-order valence-corrected chi connectivity index (χ3v) is 5.79. The van der Waals surface area contributed by atoms with Gasteiger partial charge in [-0.25, -0.2) is 4.98 Å². The highest BCUT2D eigenvalue weighted by Crippen LogP contribution is 2.30. The summed E-state index contributed by atoms with van der Waals surface area (Å²) in [5, 5.41) is 14.4. The Labute approximate surface area is 175 Å². The number of carbonyl (C=O) groups excluding carboxylic acids is 2. The van der Waals surface area contributed by atoms with Gasteiger partial charge in [0.15, 0.2) is 5.13 Å². The van der Waals surface area contributed by atoms with E-state index >= 15 is 0 Å². The Hall–Kier alpha value is -3.66. The molecule has 1 aliphatic heterocycles. The average Bonchev–Trinajstić information content (AvgIpc) is 3.15. The molecule has 4 rings (SSSR count). The molecule has 1 aromatic carbocycles. The number of nitro benzene ring substituents is 1. The first-order valence-corrected chi connectivity index (χ1v) is 9.99. The predicted octanol–water partition coefficient (Wildman–Crippen LogP) is 3.21. The molecular formula is C20H17N5O4S. The number of amides is 2. The van der Waals surface area contributed by atoms with Crippen molar-refractivity contribution in [2.75, 3.05) is 11.9 Å². The number of benzene rings is 1. The molecule has 9 nitrogen and oxygen atoms in total. The summed E-state index contributed by atoms with van der Waals surface area (Å²) in [5.41, 5.74) is 1.85. The van der Waals surface area contributed by atoms with E-state index in [0.717, 1.165) is 10.6 Å². The Bertz CT molecular complexity index is 1150. The molecule has 10 heteroatoms. The molecule has 1 aliphatic rings. The van der Waals surface area contributed by atoms with Crippen molar-refractivity contribution in [1.29, 1.82) is 0 Å². The maximum absolute atomic E-state index is 12.9. The van der Waals surface area contributed by atoms with Gasteiger partial charge in [-0.05, 0) is 25.1 Å². The minimum atomic E-state index is -0.486. The average molecular weight is 423 g/mol. The second-order valence-corrected chi connectivity index (χ2v) is 7.88. The largest absolute Gasteiger partial charge is 0.333 e. The molecule has 1 N–H and O–H groups in total. The van der Waals surface area contributed by atoms with Crippen LogP contribution in [-0.2, 0) is 13.0 Å². The standard InChI is InChI=1S/C20H17N5O4S/c1-12-5-6-13(10-16(12)25(28)29)19(27)24-9-7-14-17(11-24)30-20(22-14)23-18(26)15-4-2-3-8-21-15/h2-6,8,10H,7,9,11H2,1H3,(H,22,23,26). The van der Waals surface area contributed by atoms with E-state index in [1.807, 2.05) is 0 Å². The van der Waals surface area contributed by atoms with Crippen molar-refractivity contribution >= 4 is 34.0 Å². The topological polar surface area (TPSA) is 118 Å². The Morgan fingerprint density at radius 1 is 1.27 bits per heavy atom. The number of hydrogen-bond donors (Lipinski definition) is 1. The number of hydrogen-bond acceptors (Lipinski definition) is 7. The molecule has 2 aromatic heterocycles. The Morgan fingerprint density at radius 3 is 2.83 bits per heavy atom. The van der Waals surface area contributed by atoms with E-state index in [1.54, 1.807) is 48.4 Å². The number of carbonyl (C=O) groups is 2. The highest BCUT2D eigenvalue weighted by molar-refractivity contribution is 7.15. The molecule has 30 heavy (non-hydrogen) atoms. The number of nitrogens with one attached hydrogen (secondary N) is 1. The summed E-state index contributed by atoms with van der Waals surface area (Å²) in [6, 6.07) is 9.58. The molecule has 152 valence electrons. The lowest BCUT2D eigenvalue weighted by Gasteiger charge is -2.26. The van der Waals surface area contributed by atoms with Crippen molar-refractivity contribution in [3.8, 4) is 0 Å². The van der Waals surface area contributed by atoms with Gasteiger partial charge in [0.2, 0.25) is 0 Å². The lowest BCUT2D eigenvalue weighted by atomic mass is 10.1. The molecule has 0 atom stereocenters. The summed E-state index contributed by atoms with van der Waals surface area (Å²) in [4.78, 5) is 46.8. The lowest BCUT2D eigenvalue weighted by Crippen LogP contribution is -2.35. The minimum Gasteiger partial charge on any atom is -0.333 e. The number of aromatic nitrogens is 2. The van der Waals surface area contributed by atoms with Crippen LogP contribution in [0.2, 0.25) is 0 Å². The van der Waals surface area contributed by atoms with Crippen LogP contribution in [0.3, 0.4) is 0 Å². The van der Waals surface area contributed by atoms with Crippen LogP contribution in [0.5, 0.6) is 0 Å².